The molecule has 0 saturated heterocycles. The van der Waals surface area contributed by atoms with E-state index in [9.17, 15) is 24.0 Å². The lowest BCUT2D eigenvalue weighted by Crippen LogP contribution is -2.45. The average molecular weight is 592 g/mol. The van der Waals surface area contributed by atoms with Gasteiger partial charge in [0.1, 0.15) is 12.1 Å². The molecule has 2 N–H and O–H groups in total. The normalized spacial score (nSPS) is 10.8. The van der Waals surface area contributed by atoms with Gasteiger partial charge in [-0.2, -0.15) is 0 Å². The maximum atomic E-state index is 13.5. The molecule has 0 aliphatic carbocycles. The molecule has 3 aromatic rings. The number of methoxy groups -OCH3 is 1. The summed E-state index contributed by atoms with van der Waals surface area (Å²) < 4.78 is 10.1. The summed E-state index contributed by atoms with van der Waals surface area (Å²) in [5.74, 6) is -1.90. The Morgan fingerprint density at radius 1 is 0.857 bits per heavy atom. The lowest BCUT2D eigenvalue weighted by Gasteiger charge is -2.27. The van der Waals surface area contributed by atoms with Crippen molar-refractivity contribution in [3.63, 3.8) is 0 Å². The van der Waals surface area contributed by atoms with E-state index in [-0.39, 0.29) is 28.8 Å². The van der Waals surface area contributed by atoms with Crippen LogP contribution in [-0.2, 0) is 23.9 Å². The highest BCUT2D eigenvalue weighted by Gasteiger charge is 2.27. The number of hydrogen-bond donors (Lipinski definition) is 2. The van der Waals surface area contributed by atoms with E-state index in [2.05, 4.69) is 15.4 Å². The van der Waals surface area contributed by atoms with Gasteiger partial charge in [-0.3, -0.25) is 24.1 Å². The third-order valence-electron chi connectivity index (χ3n) is 5.56. The van der Waals surface area contributed by atoms with Crippen LogP contribution in [-0.4, -0.2) is 61.2 Å². The van der Waals surface area contributed by atoms with E-state index in [4.69, 9.17) is 4.74 Å². The maximum Gasteiger partial charge on any atom is 0.326 e. The maximum absolute atomic E-state index is 13.5. The minimum absolute atomic E-state index is 0.113. The summed E-state index contributed by atoms with van der Waals surface area (Å²) in [6.07, 6.45) is 0. The highest BCUT2D eigenvalue weighted by atomic mass is 32.2. The molecular formula is C31H33N3O7S. The number of carbonyl (C=O) groups excluding carboxylic acids is 5. The molecule has 11 heteroatoms. The van der Waals surface area contributed by atoms with E-state index in [1.807, 2.05) is 0 Å². The van der Waals surface area contributed by atoms with E-state index < -0.39 is 36.6 Å². The Bertz CT molecular complexity index is 1440. The Hall–Kier alpha value is -4.64. The number of amides is 3. The van der Waals surface area contributed by atoms with Crippen molar-refractivity contribution < 1.29 is 33.4 Å². The fraction of sp³-hybridized carbons (Fsp3) is 0.258. The molecule has 10 nitrogen and oxygen atoms in total. The van der Waals surface area contributed by atoms with Crippen LogP contribution >= 0.6 is 11.8 Å². The molecule has 0 unspecified atom stereocenters. The largest absolute Gasteiger partial charge is 0.468 e. The van der Waals surface area contributed by atoms with Crippen LogP contribution in [0.1, 0.15) is 36.7 Å². The summed E-state index contributed by atoms with van der Waals surface area (Å²) in [5, 5.41) is 5.15. The van der Waals surface area contributed by atoms with E-state index in [1.54, 1.807) is 99.6 Å². The lowest BCUT2D eigenvalue weighted by atomic mass is 10.0. The second-order valence-electron chi connectivity index (χ2n) is 9.98. The molecule has 3 rings (SSSR count). The number of benzene rings is 3. The summed E-state index contributed by atoms with van der Waals surface area (Å²) in [5.41, 5.74) is 0.483. The number of esters is 2. The molecule has 0 fully saturated rings. The first kappa shape index (κ1) is 31.9. The topological polar surface area (TPSA) is 131 Å². The quantitative estimate of drug-likeness (QED) is 0.187. The fourth-order valence-electron chi connectivity index (χ4n) is 3.75. The van der Waals surface area contributed by atoms with Gasteiger partial charge in [-0.25, -0.2) is 4.79 Å². The van der Waals surface area contributed by atoms with Crippen LogP contribution in [0.3, 0.4) is 0 Å². The number of thioether (sulfide) groups is 1. The van der Waals surface area contributed by atoms with Crippen molar-refractivity contribution in [1.29, 1.82) is 0 Å². The van der Waals surface area contributed by atoms with E-state index >= 15 is 0 Å². The third-order valence-corrected chi connectivity index (χ3v) is 6.53. The van der Waals surface area contributed by atoms with Crippen molar-refractivity contribution in [2.75, 3.05) is 36.2 Å². The number of ether oxygens (including phenoxy) is 2. The van der Waals surface area contributed by atoms with Crippen molar-refractivity contribution in [3.8, 4) is 0 Å². The van der Waals surface area contributed by atoms with Crippen LogP contribution < -0.4 is 15.5 Å². The van der Waals surface area contributed by atoms with Crippen LogP contribution in [0.5, 0.6) is 0 Å². The van der Waals surface area contributed by atoms with Gasteiger partial charge in [0.2, 0.25) is 5.91 Å². The van der Waals surface area contributed by atoms with Gasteiger partial charge in [0, 0.05) is 21.7 Å². The van der Waals surface area contributed by atoms with Crippen molar-refractivity contribution in [2.24, 2.45) is 0 Å². The summed E-state index contributed by atoms with van der Waals surface area (Å²) >= 11 is 1.25. The van der Waals surface area contributed by atoms with Gasteiger partial charge in [0.15, 0.2) is 5.78 Å². The second-order valence-corrected chi connectivity index (χ2v) is 11.0. The Kier molecular flexibility index (Phi) is 11.3. The molecule has 0 aromatic heterocycles. The average Bonchev–Trinajstić information content (AvgIpc) is 2.97. The number of anilines is 2. The van der Waals surface area contributed by atoms with E-state index in [0.29, 0.717) is 11.3 Å². The molecule has 3 aromatic carbocycles. The second kappa shape index (κ2) is 14.8. The molecule has 42 heavy (non-hydrogen) atoms. The predicted molar refractivity (Wildman–Crippen MR) is 161 cm³/mol. The molecule has 220 valence electrons. The molecule has 0 atom stereocenters. The summed E-state index contributed by atoms with van der Waals surface area (Å²) in [6, 6.07) is 21.2. The van der Waals surface area contributed by atoms with Gasteiger partial charge in [-0.05, 0) is 51.1 Å². The van der Waals surface area contributed by atoms with Crippen LogP contribution in [0.4, 0.5) is 16.2 Å². The summed E-state index contributed by atoms with van der Waals surface area (Å²) in [7, 11) is 1.31. The molecule has 0 bridgehead atoms. The number of para-hydroxylation sites is 1. The minimum Gasteiger partial charge on any atom is -0.468 e. The first-order chi connectivity index (χ1) is 20.0. The summed E-state index contributed by atoms with van der Waals surface area (Å²) in [6.45, 7) is 4.17. The Morgan fingerprint density at radius 3 is 2.24 bits per heavy atom. The zero-order valence-corrected chi connectivity index (χ0v) is 24.7. The number of urea groups is 1. The standard InChI is InChI=1S/C31H33N3O7S/c1-31(2,3)41-27(36)19-34(25-16-9-8-15-24(25)29(38)21-11-6-5-7-12-21)26(35)18-32-30(39)33-22-13-10-14-23(17-22)42-20-28(37)40-4/h5-17H,18-20H2,1-4H3,(H2,32,33,39). The van der Waals surface area contributed by atoms with Crippen LogP contribution in [0.15, 0.2) is 83.8 Å². The molecule has 0 spiro atoms. The zero-order valence-electron chi connectivity index (χ0n) is 23.8. The van der Waals surface area contributed by atoms with Crippen LogP contribution in [0, 0.1) is 0 Å². The molecular weight excluding hydrogens is 558 g/mol. The van der Waals surface area contributed by atoms with Gasteiger partial charge < -0.3 is 20.1 Å². The van der Waals surface area contributed by atoms with Gasteiger partial charge in [0.05, 0.1) is 25.1 Å². The summed E-state index contributed by atoms with van der Waals surface area (Å²) in [4.78, 5) is 65.5. The first-order valence-electron chi connectivity index (χ1n) is 13.0. The lowest BCUT2D eigenvalue weighted by molar-refractivity contribution is -0.153. The number of rotatable bonds is 11. The van der Waals surface area contributed by atoms with Gasteiger partial charge >= 0.3 is 18.0 Å². The highest BCUT2D eigenvalue weighted by Crippen LogP contribution is 2.25. The molecule has 3 amide bonds. The smallest absolute Gasteiger partial charge is 0.326 e. The fourth-order valence-corrected chi connectivity index (χ4v) is 4.54. The zero-order chi connectivity index (χ0) is 30.7. The minimum atomic E-state index is -0.799. The van der Waals surface area contributed by atoms with Crippen LogP contribution in [0.25, 0.3) is 0 Å². The SMILES string of the molecule is COC(=O)CSc1cccc(NC(=O)NCC(=O)N(CC(=O)OC(C)(C)C)c2ccccc2C(=O)c2ccccc2)c1. The first-order valence-corrected chi connectivity index (χ1v) is 14.0. The van der Waals surface area contributed by atoms with Crippen molar-refractivity contribution >= 4 is 52.8 Å². The van der Waals surface area contributed by atoms with E-state index in [1.165, 1.54) is 18.9 Å². The molecule has 0 radical (unpaired) electrons. The number of carbonyl (C=O) groups is 5. The van der Waals surface area contributed by atoms with Crippen LogP contribution in [0.2, 0.25) is 0 Å². The Morgan fingerprint density at radius 2 is 1.55 bits per heavy atom. The third kappa shape index (κ3) is 9.77. The van der Waals surface area contributed by atoms with Crippen molar-refractivity contribution in [3.05, 3.63) is 90.0 Å². The number of nitrogens with zero attached hydrogens (tertiary/aromatic N) is 1. The molecule has 0 aliphatic rings. The monoisotopic (exact) mass is 591 g/mol. The number of ketones is 1. The van der Waals surface area contributed by atoms with Gasteiger partial charge in [-0.15, -0.1) is 11.8 Å². The number of hydrogen-bond acceptors (Lipinski definition) is 8. The highest BCUT2D eigenvalue weighted by molar-refractivity contribution is 8.00. The Balaban J connectivity index is 1.77. The Labute approximate surface area is 248 Å². The van der Waals surface area contributed by atoms with Gasteiger partial charge in [0.25, 0.3) is 0 Å². The van der Waals surface area contributed by atoms with E-state index in [0.717, 1.165) is 9.80 Å². The molecule has 0 heterocycles. The molecule has 0 saturated carbocycles. The number of nitrogens with one attached hydrogen (secondary N) is 2. The molecule has 0 aliphatic heterocycles. The van der Waals surface area contributed by atoms with Gasteiger partial charge in [-0.1, -0.05) is 48.5 Å². The predicted octanol–water partition coefficient (Wildman–Crippen LogP) is 4.68. The van der Waals surface area contributed by atoms with Crippen molar-refractivity contribution in [1.82, 2.24) is 5.32 Å². The van der Waals surface area contributed by atoms with Crippen molar-refractivity contribution in [2.45, 2.75) is 31.3 Å².